The smallest absolute Gasteiger partial charge is 0.262 e. The highest BCUT2D eigenvalue weighted by atomic mass is 32.1. The number of nitrogens with zero attached hydrogens (tertiary/aromatic N) is 5. The molecular weight excluding hydrogens is 446 g/mol. The number of aromatic nitrogens is 4. The van der Waals surface area contributed by atoms with E-state index < -0.39 is 0 Å². The number of rotatable bonds is 9. The van der Waals surface area contributed by atoms with Crippen molar-refractivity contribution in [1.82, 2.24) is 23.6 Å². The molecule has 5 rings (SSSR count). The van der Waals surface area contributed by atoms with Crippen LogP contribution in [0.3, 0.4) is 0 Å². The Balaban J connectivity index is 1.60. The van der Waals surface area contributed by atoms with Gasteiger partial charge in [-0.2, -0.15) is 0 Å². The van der Waals surface area contributed by atoms with Gasteiger partial charge in [-0.1, -0.05) is 43.3 Å². The summed E-state index contributed by atoms with van der Waals surface area (Å²) in [6.45, 7) is 4.86. The van der Waals surface area contributed by atoms with Crippen molar-refractivity contribution < 1.29 is 4.74 Å². The second-order valence-corrected chi connectivity index (χ2v) is 9.31. The molecule has 4 aromatic rings. The summed E-state index contributed by atoms with van der Waals surface area (Å²) in [4.78, 5) is 15.8. The van der Waals surface area contributed by atoms with Crippen molar-refractivity contribution in [2.45, 2.75) is 51.9 Å². The van der Waals surface area contributed by atoms with Crippen LogP contribution in [0, 0.1) is 4.77 Å². The molecule has 1 aliphatic carbocycles. The number of benzene rings is 2. The molecule has 0 radical (unpaired) electrons. The average Bonchev–Trinajstić information content (AvgIpc) is 3.42. The maximum absolute atomic E-state index is 13.3. The Bertz CT molecular complexity index is 1440. The van der Waals surface area contributed by atoms with Crippen LogP contribution in [0.5, 0.6) is 0 Å². The number of ether oxygens (including phenoxy) is 1. The molecule has 2 aromatic carbocycles. The van der Waals surface area contributed by atoms with Crippen molar-refractivity contribution in [3.8, 4) is 0 Å². The zero-order valence-electron chi connectivity index (χ0n) is 19.8. The zero-order valence-corrected chi connectivity index (χ0v) is 20.6. The largest absolute Gasteiger partial charge is 0.385 e. The second kappa shape index (κ2) is 9.82. The Kier molecular flexibility index (Phi) is 6.63. The van der Waals surface area contributed by atoms with Crippen molar-refractivity contribution in [2.75, 3.05) is 20.3 Å². The van der Waals surface area contributed by atoms with Crippen molar-refractivity contribution >= 4 is 28.9 Å². The van der Waals surface area contributed by atoms with Crippen LogP contribution in [0.2, 0.25) is 0 Å². The molecule has 8 heteroatoms. The molecule has 0 fully saturated rings. The highest BCUT2D eigenvalue weighted by Crippen LogP contribution is 2.36. The predicted octanol–water partition coefficient (Wildman–Crippen LogP) is 4.57. The fraction of sp³-hybridized carbons (Fsp3) is 0.423. The molecule has 178 valence electrons. The molecule has 2 aromatic heterocycles. The molecule has 0 amide bonds. The highest BCUT2D eigenvalue weighted by Gasteiger charge is 2.28. The van der Waals surface area contributed by atoms with E-state index in [9.17, 15) is 4.79 Å². The predicted molar refractivity (Wildman–Crippen MR) is 137 cm³/mol. The average molecular weight is 478 g/mol. The van der Waals surface area contributed by atoms with Crippen LogP contribution >= 0.6 is 12.2 Å². The lowest BCUT2D eigenvalue weighted by Crippen LogP contribution is -2.31. The third-order valence-electron chi connectivity index (χ3n) is 6.78. The van der Waals surface area contributed by atoms with Crippen LogP contribution in [0.1, 0.15) is 43.4 Å². The number of aryl methyl sites for hydroxylation is 2. The Morgan fingerprint density at radius 2 is 1.97 bits per heavy atom. The highest BCUT2D eigenvalue weighted by molar-refractivity contribution is 7.71. The number of fused-ring (bicyclic) bond motifs is 4. The maximum Gasteiger partial charge on any atom is 0.262 e. The molecule has 2 heterocycles. The summed E-state index contributed by atoms with van der Waals surface area (Å²) in [5.74, 6) is 0.591. The van der Waals surface area contributed by atoms with E-state index >= 15 is 0 Å². The third kappa shape index (κ3) is 4.00. The first-order chi connectivity index (χ1) is 16.6. The first-order valence-electron chi connectivity index (χ1n) is 12.1. The van der Waals surface area contributed by atoms with Gasteiger partial charge in [-0.3, -0.25) is 18.7 Å². The molecule has 34 heavy (non-hydrogen) atoms. The van der Waals surface area contributed by atoms with E-state index in [4.69, 9.17) is 22.1 Å². The van der Waals surface area contributed by atoms with E-state index in [1.165, 1.54) is 11.1 Å². The minimum atomic E-state index is -0.0403. The monoisotopic (exact) mass is 477 g/mol. The van der Waals surface area contributed by atoms with E-state index in [0.29, 0.717) is 41.8 Å². The maximum atomic E-state index is 13.3. The van der Waals surface area contributed by atoms with Gasteiger partial charge in [0.15, 0.2) is 0 Å². The van der Waals surface area contributed by atoms with Gasteiger partial charge in [-0.15, -0.1) is 5.10 Å². The molecular formula is C26H31N5O2S. The normalized spacial score (nSPS) is 15.6. The SMILES string of the molecule is CCCN(Cn1nc2n(CCCOC)c(=O)c3ccccc3n2c1=S)[C@@H]1CCc2ccccc21. The van der Waals surface area contributed by atoms with Crippen LogP contribution < -0.4 is 5.56 Å². The van der Waals surface area contributed by atoms with Gasteiger partial charge in [-0.05, 0) is 61.2 Å². The fourth-order valence-electron chi connectivity index (χ4n) is 5.23. The summed E-state index contributed by atoms with van der Waals surface area (Å²) in [5.41, 5.74) is 3.61. The van der Waals surface area contributed by atoms with E-state index in [2.05, 4.69) is 36.1 Å². The molecule has 0 saturated heterocycles. The topological polar surface area (TPSA) is 56.7 Å². The van der Waals surface area contributed by atoms with Gasteiger partial charge in [0.05, 0.1) is 17.6 Å². The lowest BCUT2D eigenvalue weighted by Gasteiger charge is -2.29. The van der Waals surface area contributed by atoms with Gasteiger partial charge >= 0.3 is 0 Å². The van der Waals surface area contributed by atoms with Gasteiger partial charge < -0.3 is 4.74 Å². The molecule has 0 unspecified atom stereocenters. The van der Waals surface area contributed by atoms with Crippen molar-refractivity contribution in [1.29, 1.82) is 0 Å². The summed E-state index contributed by atoms with van der Waals surface area (Å²) in [6, 6.07) is 16.7. The van der Waals surface area contributed by atoms with Gasteiger partial charge in [-0.25, -0.2) is 4.68 Å². The standard InChI is InChI=1S/C26H31N5O2S/c1-3-15-28(22-14-13-19-9-4-5-10-20(19)22)18-30-26(34)31-23-12-7-6-11-21(23)24(32)29(25(31)27-30)16-8-17-33-2/h4-7,9-12,22H,3,8,13-18H2,1-2H3/t22-/m1/s1. The van der Waals surface area contributed by atoms with Crippen molar-refractivity contribution in [2.24, 2.45) is 0 Å². The Hall–Kier alpha value is -2.81. The number of methoxy groups -OCH3 is 1. The molecule has 0 aliphatic heterocycles. The Labute approximate surface area is 204 Å². The lowest BCUT2D eigenvalue weighted by molar-refractivity contribution is 0.142. The number of para-hydroxylation sites is 1. The van der Waals surface area contributed by atoms with Crippen LogP contribution in [0.4, 0.5) is 0 Å². The van der Waals surface area contributed by atoms with Crippen LogP contribution in [-0.4, -0.2) is 43.9 Å². The van der Waals surface area contributed by atoms with Crippen molar-refractivity contribution in [3.05, 3.63) is 74.8 Å². The summed E-state index contributed by atoms with van der Waals surface area (Å²) >= 11 is 5.94. The Morgan fingerprint density at radius 3 is 2.79 bits per heavy atom. The van der Waals surface area contributed by atoms with Crippen LogP contribution in [0.25, 0.3) is 16.7 Å². The van der Waals surface area contributed by atoms with Crippen LogP contribution in [0.15, 0.2) is 53.3 Å². The minimum absolute atomic E-state index is 0.0403. The molecule has 0 bridgehead atoms. The fourth-order valence-corrected chi connectivity index (χ4v) is 5.51. The van der Waals surface area contributed by atoms with Gasteiger partial charge in [0.1, 0.15) is 0 Å². The summed E-state index contributed by atoms with van der Waals surface area (Å²) in [6.07, 6.45) is 3.97. The molecule has 1 aliphatic rings. The van der Waals surface area contributed by atoms with E-state index in [1.54, 1.807) is 11.7 Å². The molecule has 1 atom stereocenters. The van der Waals surface area contributed by atoms with Crippen molar-refractivity contribution in [3.63, 3.8) is 0 Å². The van der Waals surface area contributed by atoms with Gasteiger partial charge in [0, 0.05) is 32.8 Å². The van der Waals surface area contributed by atoms with Gasteiger partial charge in [0.2, 0.25) is 10.5 Å². The minimum Gasteiger partial charge on any atom is -0.385 e. The summed E-state index contributed by atoms with van der Waals surface area (Å²) in [5, 5.41) is 5.56. The van der Waals surface area contributed by atoms with E-state index in [0.717, 1.165) is 37.7 Å². The number of hydrogen-bond donors (Lipinski definition) is 0. The van der Waals surface area contributed by atoms with Crippen LogP contribution in [-0.2, 0) is 24.4 Å². The molecule has 7 nitrogen and oxygen atoms in total. The zero-order chi connectivity index (χ0) is 23.7. The van der Waals surface area contributed by atoms with E-state index in [1.807, 2.05) is 33.3 Å². The molecule has 0 spiro atoms. The summed E-state index contributed by atoms with van der Waals surface area (Å²) < 4.78 is 11.4. The first kappa shape index (κ1) is 23.0. The quantitative estimate of drug-likeness (QED) is 0.261. The first-order valence-corrected chi connectivity index (χ1v) is 12.5. The van der Waals surface area contributed by atoms with Gasteiger partial charge in [0.25, 0.3) is 5.56 Å². The number of hydrogen-bond acceptors (Lipinski definition) is 5. The third-order valence-corrected chi connectivity index (χ3v) is 7.18. The van der Waals surface area contributed by atoms with E-state index in [-0.39, 0.29) is 5.56 Å². The lowest BCUT2D eigenvalue weighted by atomic mass is 10.1. The molecule has 0 saturated carbocycles. The second-order valence-electron chi connectivity index (χ2n) is 8.94. The summed E-state index contributed by atoms with van der Waals surface area (Å²) in [7, 11) is 1.67. The molecule has 0 N–H and O–H groups in total. The Morgan fingerprint density at radius 1 is 1.18 bits per heavy atom.